The first-order valence-corrected chi connectivity index (χ1v) is 15.2. The maximum absolute atomic E-state index is 17.2. The molecule has 234 valence electrons. The highest BCUT2D eigenvalue weighted by Gasteiger charge is 2.43. The largest absolute Gasteiger partial charge is 0.354 e. The van der Waals surface area contributed by atoms with Gasteiger partial charge >= 0.3 is 5.69 Å². The van der Waals surface area contributed by atoms with E-state index in [4.69, 9.17) is 0 Å². The molecule has 1 saturated heterocycles. The molecule has 11 nitrogen and oxygen atoms in total. The normalized spacial score (nSPS) is 17.8. The van der Waals surface area contributed by atoms with Gasteiger partial charge in [0.1, 0.15) is 11.9 Å². The Labute approximate surface area is 263 Å². The van der Waals surface area contributed by atoms with Crippen molar-refractivity contribution in [2.75, 3.05) is 23.3 Å². The molecule has 46 heavy (non-hydrogen) atoms. The van der Waals surface area contributed by atoms with E-state index >= 15 is 4.39 Å². The summed E-state index contributed by atoms with van der Waals surface area (Å²) in [6.45, 7) is 13.5. The third-order valence-corrected chi connectivity index (χ3v) is 9.10. The summed E-state index contributed by atoms with van der Waals surface area (Å²) in [7, 11) is 0. The number of aromatic amines is 1. The van der Waals surface area contributed by atoms with Gasteiger partial charge in [-0.15, -0.1) is 0 Å². The fraction of sp³-hybridized carbons (Fsp3) is 0.294. The summed E-state index contributed by atoms with van der Waals surface area (Å²) in [6.07, 6.45) is 4.54. The summed E-state index contributed by atoms with van der Waals surface area (Å²) >= 11 is 0. The van der Waals surface area contributed by atoms with E-state index in [-0.39, 0.29) is 42.0 Å². The van der Waals surface area contributed by atoms with Crippen LogP contribution in [0.1, 0.15) is 43.5 Å². The van der Waals surface area contributed by atoms with E-state index in [1.165, 1.54) is 15.5 Å². The molecule has 2 unspecified atom stereocenters. The minimum atomic E-state index is -0.931. The van der Waals surface area contributed by atoms with Crippen LogP contribution in [0.2, 0.25) is 0 Å². The van der Waals surface area contributed by atoms with Crippen molar-refractivity contribution >= 4 is 45.1 Å². The second-order valence-corrected chi connectivity index (χ2v) is 12.4. The third-order valence-electron chi connectivity index (χ3n) is 9.10. The zero-order chi connectivity index (χ0) is 32.6. The third kappa shape index (κ3) is 4.23. The Morgan fingerprint density at radius 2 is 1.93 bits per heavy atom. The van der Waals surface area contributed by atoms with Crippen LogP contribution in [0, 0.1) is 19.7 Å². The van der Waals surface area contributed by atoms with Crippen molar-refractivity contribution in [3.8, 4) is 16.8 Å². The van der Waals surface area contributed by atoms with E-state index in [9.17, 15) is 14.4 Å². The minimum absolute atomic E-state index is 0.0163. The number of hydrogen-bond acceptors (Lipinski definition) is 7. The Morgan fingerprint density at radius 1 is 1.15 bits per heavy atom. The molecule has 2 aliphatic rings. The van der Waals surface area contributed by atoms with Crippen molar-refractivity contribution in [2.24, 2.45) is 0 Å². The Morgan fingerprint density at radius 3 is 2.67 bits per heavy atom. The number of nitrogens with zero attached hydrogens (tertiary/aromatic N) is 6. The summed E-state index contributed by atoms with van der Waals surface area (Å²) in [6, 6.07) is 5.87. The van der Waals surface area contributed by atoms with Crippen LogP contribution in [-0.4, -0.2) is 66.6 Å². The number of halogens is 1. The highest BCUT2D eigenvalue weighted by atomic mass is 19.1. The van der Waals surface area contributed by atoms with Crippen molar-refractivity contribution in [1.82, 2.24) is 29.6 Å². The molecule has 5 heterocycles. The number of rotatable bonds is 4. The molecule has 7 rings (SSSR count). The van der Waals surface area contributed by atoms with Gasteiger partial charge in [0.05, 0.1) is 46.2 Å². The summed E-state index contributed by atoms with van der Waals surface area (Å²) in [4.78, 5) is 53.5. The number of carbonyl (C=O) groups is 2. The number of H-pyrrole nitrogens is 1. The number of amides is 2. The van der Waals surface area contributed by atoms with Crippen molar-refractivity contribution in [3.05, 3.63) is 82.4 Å². The van der Waals surface area contributed by atoms with Crippen molar-refractivity contribution < 1.29 is 14.0 Å². The lowest BCUT2D eigenvalue weighted by Gasteiger charge is -2.44. The Bertz CT molecular complexity index is 2190. The second kappa shape index (κ2) is 10.6. The van der Waals surface area contributed by atoms with E-state index in [0.29, 0.717) is 38.8 Å². The molecule has 2 aromatic carbocycles. The number of aryl methyl sites for hydroxylation is 2. The smallest absolute Gasteiger partial charge is 0.337 e. The number of fused-ring (bicyclic) bond motifs is 3. The Balaban J connectivity index is 1.63. The van der Waals surface area contributed by atoms with E-state index in [0.717, 1.165) is 11.1 Å². The van der Waals surface area contributed by atoms with Gasteiger partial charge in [-0.05, 0) is 67.7 Å². The quantitative estimate of drug-likeness (QED) is 0.278. The van der Waals surface area contributed by atoms with E-state index in [1.54, 1.807) is 23.4 Å². The highest BCUT2D eigenvalue weighted by molar-refractivity contribution is 6.14. The van der Waals surface area contributed by atoms with Crippen LogP contribution < -0.4 is 15.9 Å². The monoisotopic (exact) mass is 620 g/mol. The average Bonchev–Trinajstić information content (AvgIpc) is 3.46. The first kappa shape index (κ1) is 29.3. The Kier molecular flexibility index (Phi) is 6.76. The summed E-state index contributed by atoms with van der Waals surface area (Å²) < 4.78 is 18.6. The maximum Gasteiger partial charge on any atom is 0.354 e. The molecule has 2 atom stereocenters. The fourth-order valence-corrected chi connectivity index (χ4v) is 6.98. The fourth-order valence-electron chi connectivity index (χ4n) is 6.98. The van der Waals surface area contributed by atoms with Crippen LogP contribution in [0.15, 0.2) is 54.1 Å². The molecule has 3 aromatic heterocycles. The maximum atomic E-state index is 17.2. The van der Waals surface area contributed by atoms with Gasteiger partial charge in [0, 0.05) is 29.7 Å². The number of hydrogen-bond donors (Lipinski definition) is 2. The molecule has 0 radical (unpaired) electrons. The molecular formula is C34H33FN8O3. The first-order valence-electron chi connectivity index (χ1n) is 15.2. The molecule has 0 aliphatic carbocycles. The number of aromatic nitrogens is 5. The van der Waals surface area contributed by atoms with Crippen LogP contribution in [0.4, 0.5) is 15.9 Å². The molecule has 12 heteroatoms. The van der Waals surface area contributed by atoms with Crippen LogP contribution in [-0.2, 0) is 9.59 Å². The van der Waals surface area contributed by atoms with Crippen molar-refractivity contribution in [1.29, 1.82) is 0 Å². The van der Waals surface area contributed by atoms with Gasteiger partial charge in [-0.3, -0.25) is 24.2 Å². The van der Waals surface area contributed by atoms with Crippen LogP contribution in [0.3, 0.4) is 0 Å². The van der Waals surface area contributed by atoms with Gasteiger partial charge in [0.15, 0.2) is 5.82 Å². The standard InChI is InChI=1S/C34H33FN8O3/c1-7-25(44)41-14-19(6)42-24(15-41)33(45)38-30-27-23(12-20(28(30)35)26-17(4)8-9-22-21(26)13-37-40-22)43(34(46)39-32(27)42)31-18(5)10-11-36-29(31)16(2)3/h7-13,16,19,24H,1,14-15H2,2-6H3,(H,37,40)(H,38,45). The predicted octanol–water partition coefficient (Wildman–Crippen LogP) is 4.75. The lowest BCUT2D eigenvalue weighted by atomic mass is 9.94. The Hall–Kier alpha value is -5.39. The molecule has 0 spiro atoms. The van der Waals surface area contributed by atoms with Gasteiger partial charge in [-0.25, -0.2) is 9.18 Å². The van der Waals surface area contributed by atoms with Gasteiger partial charge in [0.25, 0.3) is 0 Å². The first-order chi connectivity index (χ1) is 22.0. The summed E-state index contributed by atoms with van der Waals surface area (Å²) in [5.41, 5.74) is 4.01. The lowest BCUT2D eigenvalue weighted by Crippen LogP contribution is -2.62. The van der Waals surface area contributed by atoms with Gasteiger partial charge < -0.3 is 15.1 Å². The SMILES string of the molecule is C=CC(=O)N1CC(C)N2c3nc(=O)n(-c4c(C)ccnc4C(C)C)c4cc(-c5c(C)ccc6[nH]ncc56)c(F)c(c34)NC(=O)C2C1. The van der Waals surface area contributed by atoms with Gasteiger partial charge in [-0.1, -0.05) is 26.5 Å². The van der Waals surface area contributed by atoms with E-state index < -0.39 is 29.5 Å². The van der Waals surface area contributed by atoms with Crippen LogP contribution >= 0.6 is 0 Å². The molecule has 0 bridgehead atoms. The van der Waals surface area contributed by atoms with E-state index in [2.05, 4.69) is 32.1 Å². The number of pyridine rings is 1. The van der Waals surface area contributed by atoms with Crippen molar-refractivity contribution in [2.45, 2.75) is 52.6 Å². The summed E-state index contributed by atoms with van der Waals surface area (Å²) in [5, 5.41) is 11.0. The number of nitrogens with one attached hydrogen (secondary N) is 2. The molecule has 2 N–H and O–H groups in total. The summed E-state index contributed by atoms with van der Waals surface area (Å²) in [5.74, 6) is -1.36. The molecule has 1 fully saturated rings. The molecule has 2 amide bonds. The zero-order valence-corrected chi connectivity index (χ0v) is 26.2. The highest BCUT2D eigenvalue weighted by Crippen LogP contribution is 2.45. The van der Waals surface area contributed by atoms with E-state index in [1.807, 2.05) is 52.8 Å². The predicted molar refractivity (Wildman–Crippen MR) is 175 cm³/mol. The van der Waals surface area contributed by atoms with Crippen molar-refractivity contribution in [3.63, 3.8) is 0 Å². The molecule has 0 saturated carbocycles. The number of anilines is 2. The van der Waals surface area contributed by atoms with Gasteiger partial charge in [0.2, 0.25) is 11.8 Å². The number of benzene rings is 2. The second-order valence-electron chi connectivity index (χ2n) is 12.4. The molecule has 2 aliphatic heterocycles. The minimum Gasteiger partial charge on any atom is -0.337 e. The number of carbonyl (C=O) groups excluding carboxylic acids is 2. The topological polar surface area (TPSA) is 129 Å². The zero-order valence-electron chi connectivity index (χ0n) is 26.2. The lowest BCUT2D eigenvalue weighted by molar-refractivity contribution is -0.128. The molecule has 5 aromatic rings. The molecular weight excluding hydrogens is 587 g/mol. The number of piperazine rings is 1. The average molecular weight is 621 g/mol. The van der Waals surface area contributed by atoms with Crippen LogP contribution in [0.25, 0.3) is 38.6 Å². The van der Waals surface area contributed by atoms with Crippen LogP contribution in [0.5, 0.6) is 0 Å². The van der Waals surface area contributed by atoms with Gasteiger partial charge in [-0.2, -0.15) is 10.1 Å².